The third kappa shape index (κ3) is 3.00. The molecule has 1 aliphatic heterocycles. The Bertz CT molecular complexity index is 830. The van der Waals surface area contributed by atoms with Crippen LogP contribution in [0.5, 0.6) is 5.75 Å². The summed E-state index contributed by atoms with van der Waals surface area (Å²) in [5, 5.41) is 4.43. The molecular formula is C19H21N3O2. The number of ether oxygens (including phenoxy) is 2. The highest BCUT2D eigenvalue weighted by Crippen LogP contribution is 2.26. The maximum Gasteiger partial charge on any atom is 0.119 e. The van der Waals surface area contributed by atoms with Crippen LogP contribution in [-0.2, 0) is 11.3 Å². The predicted molar refractivity (Wildman–Crippen MR) is 92.2 cm³/mol. The number of fused-ring (bicyclic) bond motifs is 1. The van der Waals surface area contributed by atoms with Gasteiger partial charge in [-0.05, 0) is 29.8 Å². The summed E-state index contributed by atoms with van der Waals surface area (Å²) in [7, 11) is 1.69. The average molecular weight is 323 g/mol. The Morgan fingerprint density at radius 1 is 1.25 bits per heavy atom. The molecule has 0 saturated carbocycles. The van der Waals surface area contributed by atoms with Crippen molar-refractivity contribution in [1.82, 2.24) is 14.5 Å². The zero-order chi connectivity index (χ0) is 16.4. The predicted octanol–water partition coefficient (Wildman–Crippen LogP) is 2.92. The van der Waals surface area contributed by atoms with Gasteiger partial charge in [-0.15, -0.1) is 0 Å². The fraction of sp³-hybridized carbons (Fsp3) is 0.316. The number of methoxy groups -OCH3 is 1. The largest absolute Gasteiger partial charge is 0.497 e. The molecule has 0 unspecified atom stereocenters. The van der Waals surface area contributed by atoms with E-state index in [1.807, 2.05) is 35.1 Å². The van der Waals surface area contributed by atoms with Crippen molar-refractivity contribution < 1.29 is 9.47 Å². The second-order valence-corrected chi connectivity index (χ2v) is 6.07. The first-order chi connectivity index (χ1) is 11.8. The van der Waals surface area contributed by atoms with Crippen LogP contribution in [0.1, 0.15) is 17.2 Å². The van der Waals surface area contributed by atoms with Gasteiger partial charge in [0.15, 0.2) is 0 Å². The number of nitrogens with zero attached hydrogens (tertiary/aromatic N) is 3. The van der Waals surface area contributed by atoms with Crippen molar-refractivity contribution in [2.24, 2.45) is 0 Å². The van der Waals surface area contributed by atoms with E-state index in [0.29, 0.717) is 0 Å². The highest BCUT2D eigenvalue weighted by molar-refractivity contribution is 5.53. The van der Waals surface area contributed by atoms with Crippen molar-refractivity contribution in [2.75, 3.05) is 26.8 Å². The molecular weight excluding hydrogens is 302 g/mol. The topological polar surface area (TPSA) is 39.0 Å². The van der Waals surface area contributed by atoms with Gasteiger partial charge < -0.3 is 9.47 Å². The molecule has 0 amide bonds. The first-order valence-electron chi connectivity index (χ1n) is 8.22. The van der Waals surface area contributed by atoms with E-state index in [1.165, 1.54) is 16.6 Å². The molecule has 4 rings (SSSR count). The summed E-state index contributed by atoms with van der Waals surface area (Å²) in [6, 6.07) is 14.3. The first-order valence-corrected chi connectivity index (χ1v) is 8.22. The van der Waals surface area contributed by atoms with E-state index < -0.39 is 0 Å². The van der Waals surface area contributed by atoms with Crippen LogP contribution in [0.15, 0.2) is 54.9 Å². The lowest BCUT2D eigenvalue weighted by Gasteiger charge is -2.33. The van der Waals surface area contributed by atoms with Gasteiger partial charge in [-0.2, -0.15) is 5.10 Å². The van der Waals surface area contributed by atoms with Gasteiger partial charge >= 0.3 is 0 Å². The van der Waals surface area contributed by atoms with Crippen LogP contribution in [0.3, 0.4) is 0 Å². The van der Waals surface area contributed by atoms with Crippen LogP contribution in [0.2, 0.25) is 0 Å². The Morgan fingerprint density at radius 3 is 3.12 bits per heavy atom. The van der Waals surface area contributed by atoms with E-state index in [0.717, 1.165) is 32.0 Å². The van der Waals surface area contributed by atoms with Crippen molar-refractivity contribution in [3.8, 4) is 5.75 Å². The number of hydrogen-bond acceptors (Lipinski definition) is 4. The Balaban J connectivity index is 1.50. The minimum Gasteiger partial charge on any atom is -0.497 e. The summed E-state index contributed by atoms with van der Waals surface area (Å²) in [6.45, 7) is 3.43. The standard InChI is InChI=1S/C19H21N3O2/c1-23-17-6-4-5-15(11-17)19-14-21(9-10-24-19)13-16-12-20-22-8-3-2-7-18(16)22/h2-8,11-12,19H,9-10,13-14H2,1H3/t19-/m1/s1. The quantitative estimate of drug-likeness (QED) is 0.740. The maximum atomic E-state index is 5.98. The van der Waals surface area contributed by atoms with Gasteiger partial charge in [0.2, 0.25) is 0 Å². The van der Waals surface area contributed by atoms with Crippen LogP contribution in [0.25, 0.3) is 5.52 Å². The van der Waals surface area contributed by atoms with Crippen LogP contribution in [-0.4, -0.2) is 41.3 Å². The number of hydrogen-bond donors (Lipinski definition) is 0. The second kappa shape index (κ2) is 6.63. The zero-order valence-electron chi connectivity index (χ0n) is 13.8. The molecule has 1 atom stereocenters. The Labute approximate surface area is 141 Å². The number of pyridine rings is 1. The third-order valence-corrected chi connectivity index (χ3v) is 4.52. The van der Waals surface area contributed by atoms with Crippen molar-refractivity contribution >= 4 is 5.52 Å². The molecule has 0 spiro atoms. The third-order valence-electron chi connectivity index (χ3n) is 4.52. The highest BCUT2D eigenvalue weighted by Gasteiger charge is 2.23. The normalized spacial score (nSPS) is 18.8. The number of rotatable bonds is 4. The summed E-state index contributed by atoms with van der Waals surface area (Å²) in [5.41, 5.74) is 3.59. The molecule has 2 aromatic heterocycles. The first kappa shape index (κ1) is 15.2. The number of benzene rings is 1. The van der Waals surface area contributed by atoms with Crippen LogP contribution in [0.4, 0.5) is 0 Å². The molecule has 0 N–H and O–H groups in total. The van der Waals surface area contributed by atoms with Crippen molar-refractivity contribution in [3.63, 3.8) is 0 Å². The lowest BCUT2D eigenvalue weighted by molar-refractivity contribution is -0.0328. The molecule has 3 aromatic rings. The Hall–Kier alpha value is -2.37. The van der Waals surface area contributed by atoms with E-state index in [2.05, 4.69) is 34.3 Å². The zero-order valence-corrected chi connectivity index (χ0v) is 13.8. The van der Waals surface area contributed by atoms with Gasteiger partial charge in [-0.25, -0.2) is 4.52 Å². The fourth-order valence-corrected chi connectivity index (χ4v) is 3.24. The highest BCUT2D eigenvalue weighted by atomic mass is 16.5. The van der Waals surface area contributed by atoms with Crippen molar-refractivity contribution in [3.05, 3.63) is 66.0 Å². The number of aromatic nitrogens is 2. The van der Waals surface area contributed by atoms with E-state index in [1.54, 1.807) is 7.11 Å². The molecule has 1 aromatic carbocycles. The SMILES string of the molecule is COc1cccc([C@H]2CN(Cc3cnn4ccccc34)CCO2)c1. The molecule has 0 radical (unpaired) electrons. The Morgan fingerprint density at radius 2 is 2.21 bits per heavy atom. The minimum atomic E-state index is 0.0793. The monoisotopic (exact) mass is 323 g/mol. The average Bonchev–Trinajstić information content (AvgIpc) is 3.05. The van der Waals surface area contributed by atoms with Crippen LogP contribution >= 0.6 is 0 Å². The molecule has 1 fully saturated rings. The van der Waals surface area contributed by atoms with E-state index >= 15 is 0 Å². The summed E-state index contributed by atoms with van der Waals surface area (Å²) >= 11 is 0. The molecule has 3 heterocycles. The van der Waals surface area contributed by atoms with Crippen LogP contribution < -0.4 is 4.74 Å². The van der Waals surface area contributed by atoms with E-state index in [9.17, 15) is 0 Å². The molecule has 5 nitrogen and oxygen atoms in total. The maximum absolute atomic E-state index is 5.98. The Kier molecular flexibility index (Phi) is 4.19. The second-order valence-electron chi connectivity index (χ2n) is 6.07. The molecule has 0 aliphatic carbocycles. The molecule has 1 saturated heterocycles. The summed E-state index contributed by atoms with van der Waals surface area (Å²) in [6.07, 6.45) is 4.03. The van der Waals surface area contributed by atoms with E-state index in [4.69, 9.17) is 9.47 Å². The minimum absolute atomic E-state index is 0.0793. The van der Waals surface area contributed by atoms with Gasteiger partial charge in [-0.1, -0.05) is 18.2 Å². The van der Waals surface area contributed by atoms with Crippen molar-refractivity contribution in [1.29, 1.82) is 0 Å². The van der Waals surface area contributed by atoms with Crippen molar-refractivity contribution in [2.45, 2.75) is 12.6 Å². The van der Waals surface area contributed by atoms with Gasteiger partial charge in [0.1, 0.15) is 5.75 Å². The fourth-order valence-electron chi connectivity index (χ4n) is 3.24. The van der Waals surface area contributed by atoms with Gasteiger partial charge in [-0.3, -0.25) is 4.90 Å². The molecule has 0 bridgehead atoms. The van der Waals surface area contributed by atoms with Gasteiger partial charge in [0.05, 0.1) is 31.5 Å². The number of morpholine rings is 1. The summed E-state index contributed by atoms with van der Waals surface area (Å²) in [5.74, 6) is 0.871. The molecule has 1 aliphatic rings. The molecule has 124 valence electrons. The van der Waals surface area contributed by atoms with Gasteiger partial charge in [0, 0.05) is 31.4 Å². The molecule has 5 heteroatoms. The molecule has 24 heavy (non-hydrogen) atoms. The lowest BCUT2D eigenvalue weighted by atomic mass is 10.1. The smallest absolute Gasteiger partial charge is 0.119 e. The lowest BCUT2D eigenvalue weighted by Crippen LogP contribution is -2.37. The van der Waals surface area contributed by atoms with E-state index in [-0.39, 0.29) is 6.10 Å². The van der Waals surface area contributed by atoms with Gasteiger partial charge in [0.25, 0.3) is 0 Å². The summed E-state index contributed by atoms with van der Waals surface area (Å²) in [4.78, 5) is 2.43. The summed E-state index contributed by atoms with van der Waals surface area (Å²) < 4.78 is 13.2. The van der Waals surface area contributed by atoms with Crippen LogP contribution in [0, 0.1) is 0 Å².